The van der Waals surface area contributed by atoms with E-state index in [1.807, 2.05) is 0 Å². The minimum Gasteiger partial charge on any atom is -0.378 e. The molecule has 0 saturated carbocycles. The average molecular weight is 561 g/mol. The summed E-state index contributed by atoms with van der Waals surface area (Å²) in [6, 6.07) is 0. The molecule has 2 aliphatic heterocycles. The predicted molar refractivity (Wildman–Crippen MR) is 147 cm³/mol. The van der Waals surface area contributed by atoms with Gasteiger partial charge in [-0.3, -0.25) is 0 Å². The van der Waals surface area contributed by atoms with E-state index in [-0.39, 0.29) is 0 Å². The van der Waals surface area contributed by atoms with Gasteiger partial charge in [0.25, 0.3) is 0 Å². The molecular weight excluding hydrogens is 537 g/mol. The van der Waals surface area contributed by atoms with E-state index in [1.54, 1.807) is 69.7 Å². The molecule has 0 aromatic carbocycles. The number of hydrogen-bond donors (Lipinski definition) is 0. The summed E-state index contributed by atoms with van der Waals surface area (Å²) in [7, 11) is 0. The third-order valence-corrected chi connectivity index (χ3v) is 12.2. The van der Waals surface area contributed by atoms with Crippen molar-refractivity contribution in [3.8, 4) is 0 Å². The third-order valence-electron chi connectivity index (χ3n) is 3.73. The summed E-state index contributed by atoms with van der Waals surface area (Å²) in [5, 5.41) is 0. The van der Waals surface area contributed by atoms with Crippen LogP contribution in [0.3, 0.4) is 0 Å². The van der Waals surface area contributed by atoms with Crippen LogP contribution in [-0.4, -0.2) is 84.3 Å². The van der Waals surface area contributed by atoms with Gasteiger partial charge in [0.1, 0.15) is 0 Å². The quantitative estimate of drug-likeness (QED) is 0.439. The van der Waals surface area contributed by atoms with Crippen LogP contribution in [0.25, 0.3) is 9.81 Å². The molecule has 0 radical (unpaired) electrons. The summed E-state index contributed by atoms with van der Waals surface area (Å²) in [4.78, 5) is 2.40. The Bertz CT molecular complexity index is 722. The Morgan fingerprint density at radius 1 is 0.467 bits per heavy atom. The van der Waals surface area contributed by atoms with E-state index in [0.717, 1.165) is 31.4 Å². The fraction of sp³-hybridized carbons (Fsp3) is 0.667. The minimum absolute atomic E-state index is 0.654. The third kappa shape index (κ3) is 8.94. The maximum atomic E-state index is 5.73. The second kappa shape index (κ2) is 15.3. The first kappa shape index (κ1) is 26.0. The van der Waals surface area contributed by atoms with E-state index in [2.05, 4.69) is 0 Å². The molecule has 12 heteroatoms. The molecule has 0 atom stereocenters. The molecule has 0 bridgehead atoms. The van der Waals surface area contributed by atoms with Gasteiger partial charge in [0, 0.05) is 23.0 Å². The SMILES string of the molecule is S=C1SCCOCCOCCSC1=c1sc(=C2SCCOCCOCCSC2=S)s1. The molecule has 4 nitrogen and oxygen atoms in total. The first-order chi connectivity index (χ1) is 14.8. The molecule has 2 aliphatic rings. The molecule has 30 heavy (non-hydrogen) atoms. The molecule has 168 valence electrons. The van der Waals surface area contributed by atoms with E-state index < -0.39 is 0 Å². The van der Waals surface area contributed by atoms with Gasteiger partial charge in [-0.25, -0.2) is 0 Å². The van der Waals surface area contributed by atoms with Gasteiger partial charge < -0.3 is 18.9 Å². The first-order valence-electron chi connectivity index (χ1n) is 9.51. The van der Waals surface area contributed by atoms with Crippen LogP contribution in [0.2, 0.25) is 0 Å². The summed E-state index contributed by atoms with van der Waals surface area (Å²) in [6.45, 7) is 5.43. The lowest BCUT2D eigenvalue weighted by Crippen LogP contribution is -2.20. The minimum atomic E-state index is 0.654. The van der Waals surface area contributed by atoms with Crippen LogP contribution in [-0.2, 0) is 18.9 Å². The molecule has 0 N–H and O–H groups in total. The zero-order valence-corrected chi connectivity index (χ0v) is 22.9. The molecule has 1 aromatic heterocycles. The highest BCUT2D eigenvalue weighted by Crippen LogP contribution is 2.28. The van der Waals surface area contributed by atoms with Crippen molar-refractivity contribution >= 4 is 112 Å². The van der Waals surface area contributed by atoms with Crippen molar-refractivity contribution in [1.29, 1.82) is 0 Å². The van der Waals surface area contributed by atoms with Gasteiger partial charge in [-0.15, -0.1) is 69.7 Å². The highest BCUT2D eigenvalue weighted by Gasteiger charge is 2.16. The van der Waals surface area contributed by atoms with Crippen LogP contribution >= 0.6 is 94.2 Å². The molecule has 1 aromatic rings. The predicted octanol–water partition coefficient (Wildman–Crippen LogP) is 3.71. The van der Waals surface area contributed by atoms with Gasteiger partial charge in [0.2, 0.25) is 0 Å². The van der Waals surface area contributed by atoms with Gasteiger partial charge >= 0.3 is 0 Å². The molecule has 2 fully saturated rings. The van der Waals surface area contributed by atoms with E-state index in [1.165, 1.54) is 17.5 Å². The topological polar surface area (TPSA) is 36.9 Å². The van der Waals surface area contributed by atoms with Crippen LogP contribution in [0.1, 0.15) is 0 Å². The molecule has 0 unspecified atom stereocenters. The largest absolute Gasteiger partial charge is 0.378 e. The molecule has 0 aliphatic carbocycles. The van der Waals surface area contributed by atoms with Gasteiger partial charge in [-0.05, 0) is 0 Å². The Hall–Kier alpha value is 1.34. The number of ether oxygens (including phenoxy) is 4. The number of hydrogen-bond acceptors (Lipinski definition) is 12. The van der Waals surface area contributed by atoms with Crippen molar-refractivity contribution in [1.82, 2.24) is 0 Å². The zero-order chi connectivity index (χ0) is 21.0. The lowest BCUT2D eigenvalue weighted by molar-refractivity contribution is 0.0605. The maximum Gasteiger partial charge on any atom is 0.0977 e. The van der Waals surface area contributed by atoms with Crippen LogP contribution in [0.4, 0.5) is 0 Å². The Morgan fingerprint density at radius 3 is 1.17 bits per heavy atom. The second-order valence-electron chi connectivity index (χ2n) is 5.86. The normalized spacial score (nSPS) is 22.7. The molecule has 0 amide bonds. The monoisotopic (exact) mass is 560 g/mol. The fourth-order valence-electron chi connectivity index (χ4n) is 2.33. The van der Waals surface area contributed by atoms with E-state index in [0.29, 0.717) is 52.9 Å². The summed E-state index contributed by atoms with van der Waals surface area (Å²) >= 11 is 22.1. The van der Waals surface area contributed by atoms with E-state index in [9.17, 15) is 0 Å². The van der Waals surface area contributed by atoms with Crippen molar-refractivity contribution in [2.24, 2.45) is 0 Å². The van der Waals surface area contributed by atoms with Crippen molar-refractivity contribution < 1.29 is 18.9 Å². The van der Waals surface area contributed by atoms with Crippen LogP contribution in [0, 0.1) is 0 Å². The Kier molecular flexibility index (Phi) is 13.2. The molecular formula is C18H24O4S8. The van der Waals surface area contributed by atoms with Crippen LogP contribution in [0.15, 0.2) is 0 Å². The van der Waals surface area contributed by atoms with Gasteiger partial charge in [-0.2, -0.15) is 0 Å². The first-order valence-corrected chi connectivity index (χ1v) is 15.9. The summed E-state index contributed by atoms with van der Waals surface area (Å²) in [5.41, 5.74) is 0. The lowest BCUT2D eigenvalue weighted by Gasteiger charge is -2.14. The van der Waals surface area contributed by atoms with Gasteiger partial charge in [-0.1, -0.05) is 24.4 Å². The molecule has 3 heterocycles. The number of rotatable bonds is 0. The highest BCUT2D eigenvalue weighted by atomic mass is 32.2. The van der Waals surface area contributed by atoms with E-state index in [4.69, 9.17) is 43.4 Å². The molecule has 2 saturated heterocycles. The smallest absolute Gasteiger partial charge is 0.0977 e. The van der Waals surface area contributed by atoms with Crippen LogP contribution < -0.4 is 7.69 Å². The highest BCUT2D eigenvalue weighted by molar-refractivity contribution is 8.29. The van der Waals surface area contributed by atoms with E-state index >= 15 is 0 Å². The summed E-state index contributed by atoms with van der Waals surface area (Å²) in [5.74, 6) is 3.54. The average Bonchev–Trinajstić information content (AvgIpc) is 2.69. The molecule has 0 spiro atoms. The Labute approximate surface area is 213 Å². The fourth-order valence-corrected chi connectivity index (χ4v) is 10.2. The zero-order valence-electron chi connectivity index (χ0n) is 16.4. The lowest BCUT2D eigenvalue weighted by atomic mass is 10.7. The van der Waals surface area contributed by atoms with Gasteiger partial charge in [0.05, 0.1) is 78.8 Å². The van der Waals surface area contributed by atoms with Crippen molar-refractivity contribution in [3.63, 3.8) is 0 Å². The summed E-state index contributed by atoms with van der Waals surface area (Å²) < 4.78 is 26.9. The second-order valence-corrected chi connectivity index (χ2v) is 14.2. The van der Waals surface area contributed by atoms with Crippen LogP contribution in [0.5, 0.6) is 0 Å². The van der Waals surface area contributed by atoms with Gasteiger partial charge in [0.15, 0.2) is 0 Å². The standard InChI is InChI=1S/C18H24O4S8/c23-15-13(25-9-5-19-1-3-21-7-11-27-15)17-29-18(30-17)14-16(24)28-12-8-22-4-2-20-6-10-26-14/h1-12H2. The van der Waals surface area contributed by atoms with Crippen molar-refractivity contribution in [3.05, 3.63) is 7.69 Å². The number of thiocarbonyl (C=S) groups is 2. The maximum absolute atomic E-state index is 5.73. The Morgan fingerprint density at radius 2 is 0.800 bits per heavy atom. The number of thioether (sulfide) groups is 4. The van der Waals surface area contributed by atoms with Crippen molar-refractivity contribution in [2.75, 3.05) is 75.9 Å². The Balaban J connectivity index is 1.79. The van der Waals surface area contributed by atoms with Crippen molar-refractivity contribution in [2.45, 2.75) is 0 Å². The summed E-state index contributed by atoms with van der Waals surface area (Å²) in [6.07, 6.45) is 0. The molecule has 3 rings (SSSR count).